The van der Waals surface area contributed by atoms with Crippen molar-refractivity contribution in [1.82, 2.24) is 0 Å². The highest BCUT2D eigenvalue weighted by Gasteiger charge is 2.45. The van der Waals surface area contributed by atoms with E-state index in [4.69, 9.17) is 0 Å². The molecule has 0 N–H and O–H groups in total. The Kier molecular flexibility index (Phi) is 7.49. The molecule has 0 bridgehead atoms. The van der Waals surface area contributed by atoms with Gasteiger partial charge in [0.15, 0.2) is 0 Å². The lowest BCUT2D eigenvalue weighted by Gasteiger charge is -2.29. The first-order valence-corrected chi connectivity index (χ1v) is 13.6. The second kappa shape index (κ2) is 9.87. The van der Waals surface area contributed by atoms with Crippen LogP contribution in [-0.4, -0.2) is 0 Å². The van der Waals surface area contributed by atoms with Gasteiger partial charge in [-0.1, -0.05) is 85.0 Å². The molecule has 4 fully saturated rings. The molecule has 0 aromatic heterocycles. The summed E-state index contributed by atoms with van der Waals surface area (Å²) < 4.78 is 0. The first kappa shape index (κ1) is 21.2. The van der Waals surface area contributed by atoms with Gasteiger partial charge in [0.1, 0.15) is 0 Å². The van der Waals surface area contributed by atoms with Crippen molar-refractivity contribution < 1.29 is 0 Å². The molecule has 0 heteroatoms. The van der Waals surface area contributed by atoms with Crippen molar-refractivity contribution in [3.63, 3.8) is 0 Å². The molecule has 0 aliphatic heterocycles. The van der Waals surface area contributed by atoms with Gasteiger partial charge in [0, 0.05) is 0 Å². The lowest BCUT2D eigenvalue weighted by atomic mass is 9.76. The van der Waals surface area contributed by atoms with Crippen LogP contribution in [0.1, 0.15) is 124 Å². The fourth-order valence-corrected chi connectivity index (χ4v) is 8.60. The Hall–Kier alpha value is 0. The zero-order valence-corrected chi connectivity index (χ0v) is 19.5. The predicted octanol–water partition coefficient (Wildman–Crippen LogP) is 8.89. The van der Waals surface area contributed by atoms with E-state index >= 15 is 0 Å². The van der Waals surface area contributed by atoms with Crippen LogP contribution in [0.2, 0.25) is 0 Å². The third kappa shape index (κ3) is 5.00. The molecule has 8 atom stereocenters. The van der Waals surface area contributed by atoms with Gasteiger partial charge < -0.3 is 0 Å². The first-order valence-electron chi connectivity index (χ1n) is 13.6. The van der Waals surface area contributed by atoms with Gasteiger partial charge >= 0.3 is 0 Å². The topological polar surface area (TPSA) is 0 Å². The summed E-state index contributed by atoms with van der Waals surface area (Å²) in [5.41, 5.74) is 0. The maximum Gasteiger partial charge on any atom is -0.0355 e. The monoisotopic (exact) mass is 386 g/mol. The van der Waals surface area contributed by atoms with Crippen molar-refractivity contribution in [3.8, 4) is 0 Å². The van der Waals surface area contributed by atoms with Crippen LogP contribution in [0.4, 0.5) is 0 Å². The third-order valence-electron chi connectivity index (χ3n) is 10.4. The molecule has 0 spiro atoms. The molecule has 0 nitrogen and oxygen atoms in total. The Labute approximate surface area is 177 Å². The quantitative estimate of drug-likeness (QED) is 0.383. The minimum Gasteiger partial charge on any atom is -0.0625 e. The number of rotatable bonds is 7. The molecular weight excluding hydrogens is 336 g/mol. The standard InChI is InChI=1S/C28H50/c1-20-13-14-25(17-20)26-18-21(2)28(19-26)27-16-15-24(22(27)3)12-8-7-11-23-9-5-4-6-10-23/h20-28H,4-19H2,1-3H3. The maximum atomic E-state index is 2.65. The van der Waals surface area contributed by atoms with Gasteiger partial charge in [-0.3, -0.25) is 0 Å². The molecule has 4 saturated carbocycles. The highest BCUT2D eigenvalue weighted by Crippen LogP contribution is 2.54. The van der Waals surface area contributed by atoms with Gasteiger partial charge in [-0.05, 0) is 91.8 Å². The van der Waals surface area contributed by atoms with E-state index in [1.165, 1.54) is 38.5 Å². The van der Waals surface area contributed by atoms with E-state index in [2.05, 4.69) is 20.8 Å². The van der Waals surface area contributed by atoms with Gasteiger partial charge in [0.25, 0.3) is 0 Å². The van der Waals surface area contributed by atoms with E-state index in [0.717, 1.165) is 53.3 Å². The Morgan fingerprint density at radius 1 is 0.607 bits per heavy atom. The van der Waals surface area contributed by atoms with Gasteiger partial charge in [0.05, 0.1) is 0 Å². The zero-order chi connectivity index (χ0) is 19.5. The summed E-state index contributed by atoms with van der Waals surface area (Å²) >= 11 is 0. The van der Waals surface area contributed by atoms with E-state index in [-0.39, 0.29) is 0 Å². The van der Waals surface area contributed by atoms with Crippen LogP contribution < -0.4 is 0 Å². The number of unbranched alkanes of at least 4 members (excludes halogenated alkanes) is 1. The average Bonchev–Trinajstić information content (AvgIpc) is 3.39. The summed E-state index contributed by atoms with van der Waals surface area (Å²) in [7, 11) is 0. The molecule has 0 saturated heterocycles. The molecule has 0 radical (unpaired) electrons. The van der Waals surface area contributed by atoms with Crippen molar-refractivity contribution >= 4 is 0 Å². The molecule has 4 aliphatic carbocycles. The second-order valence-electron chi connectivity index (χ2n) is 12.2. The minimum absolute atomic E-state index is 1.01. The van der Waals surface area contributed by atoms with Crippen LogP contribution in [0, 0.1) is 53.3 Å². The van der Waals surface area contributed by atoms with E-state index in [1.807, 2.05) is 0 Å². The van der Waals surface area contributed by atoms with Crippen LogP contribution in [0.15, 0.2) is 0 Å². The average molecular weight is 387 g/mol. The largest absolute Gasteiger partial charge is 0.0625 e. The van der Waals surface area contributed by atoms with Crippen molar-refractivity contribution in [1.29, 1.82) is 0 Å². The van der Waals surface area contributed by atoms with Gasteiger partial charge in [0.2, 0.25) is 0 Å². The summed E-state index contributed by atoms with van der Waals surface area (Å²) in [6, 6.07) is 0. The Morgan fingerprint density at radius 2 is 1.39 bits per heavy atom. The van der Waals surface area contributed by atoms with Crippen molar-refractivity contribution in [2.75, 3.05) is 0 Å². The molecule has 0 heterocycles. The summed E-state index contributed by atoms with van der Waals surface area (Å²) in [6.45, 7) is 7.77. The lowest BCUT2D eigenvalue weighted by molar-refractivity contribution is 0.198. The van der Waals surface area contributed by atoms with Crippen molar-refractivity contribution in [3.05, 3.63) is 0 Å². The van der Waals surface area contributed by atoms with Crippen molar-refractivity contribution in [2.24, 2.45) is 53.3 Å². The zero-order valence-electron chi connectivity index (χ0n) is 19.5. The Balaban J connectivity index is 1.20. The lowest BCUT2D eigenvalue weighted by Crippen LogP contribution is -2.22. The van der Waals surface area contributed by atoms with Gasteiger partial charge in [-0.2, -0.15) is 0 Å². The molecule has 0 aromatic rings. The number of hydrogen-bond donors (Lipinski definition) is 0. The van der Waals surface area contributed by atoms with E-state index in [0.29, 0.717) is 0 Å². The van der Waals surface area contributed by atoms with E-state index in [9.17, 15) is 0 Å². The normalized spacial score (nSPS) is 45.1. The first-order chi connectivity index (χ1) is 13.6. The summed E-state index contributed by atoms with van der Waals surface area (Å²) in [4.78, 5) is 0. The van der Waals surface area contributed by atoms with Gasteiger partial charge in [-0.15, -0.1) is 0 Å². The van der Waals surface area contributed by atoms with Crippen LogP contribution >= 0.6 is 0 Å². The fourth-order valence-electron chi connectivity index (χ4n) is 8.60. The predicted molar refractivity (Wildman–Crippen MR) is 122 cm³/mol. The van der Waals surface area contributed by atoms with Gasteiger partial charge in [-0.25, -0.2) is 0 Å². The molecule has 28 heavy (non-hydrogen) atoms. The molecule has 0 amide bonds. The highest BCUT2D eigenvalue weighted by molar-refractivity contribution is 4.95. The molecular formula is C28H50. The van der Waals surface area contributed by atoms with Crippen LogP contribution in [0.3, 0.4) is 0 Å². The smallest absolute Gasteiger partial charge is 0.0355 e. The molecule has 0 aromatic carbocycles. The summed E-state index contributed by atoms with van der Waals surface area (Å²) in [5, 5.41) is 0. The molecule has 4 rings (SSSR count). The summed E-state index contributed by atoms with van der Waals surface area (Å²) in [5.74, 6) is 9.53. The molecule has 162 valence electrons. The van der Waals surface area contributed by atoms with Crippen LogP contribution in [-0.2, 0) is 0 Å². The van der Waals surface area contributed by atoms with E-state index in [1.54, 1.807) is 64.2 Å². The van der Waals surface area contributed by atoms with Crippen LogP contribution in [0.5, 0.6) is 0 Å². The third-order valence-corrected chi connectivity index (χ3v) is 10.4. The second-order valence-corrected chi connectivity index (χ2v) is 12.2. The number of hydrogen-bond acceptors (Lipinski definition) is 0. The van der Waals surface area contributed by atoms with Crippen LogP contribution in [0.25, 0.3) is 0 Å². The highest BCUT2D eigenvalue weighted by atomic mass is 14.5. The fraction of sp³-hybridized carbons (Fsp3) is 1.00. The SMILES string of the molecule is CC1CCC(C2CC(C)C(C3CCC(CCCCC4CCCCC4)C3C)C2)C1. The van der Waals surface area contributed by atoms with Crippen molar-refractivity contribution in [2.45, 2.75) is 124 Å². The summed E-state index contributed by atoms with van der Waals surface area (Å²) in [6.07, 6.45) is 24.7. The Bertz CT molecular complexity index is 461. The maximum absolute atomic E-state index is 2.65. The molecule has 8 unspecified atom stereocenters. The Morgan fingerprint density at radius 3 is 2.14 bits per heavy atom. The molecule has 4 aliphatic rings. The minimum atomic E-state index is 1.01. The van der Waals surface area contributed by atoms with E-state index < -0.39 is 0 Å².